The van der Waals surface area contributed by atoms with Crippen LogP contribution in [0.1, 0.15) is 44.6 Å². The van der Waals surface area contributed by atoms with Crippen LogP contribution in [0.3, 0.4) is 0 Å². The molecule has 0 saturated carbocycles. The lowest BCUT2D eigenvalue weighted by Gasteiger charge is -2.39. The Bertz CT molecular complexity index is 654. The van der Waals surface area contributed by atoms with Gasteiger partial charge in [0.05, 0.1) is 14.2 Å². The molecule has 0 aliphatic carbocycles. The van der Waals surface area contributed by atoms with Gasteiger partial charge in [-0.3, -0.25) is 9.59 Å². The van der Waals surface area contributed by atoms with E-state index in [1.165, 1.54) is 5.56 Å². The van der Waals surface area contributed by atoms with E-state index in [0.29, 0.717) is 24.1 Å². The first-order valence-electron chi connectivity index (χ1n) is 9.32. The highest BCUT2D eigenvalue weighted by molar-refractivity contribution is 5.95. The third-order valence-corrected chi connectivity index (χ3v) is 5.51. The molecule has 2 N–H and O–H groups in total. The summed E-state index contributed by atoms with van der Waals surface area (Å²) < 4.78 is 10.8. The van der Waals surface area contributed by atoms with E-state index in [1.54, 1.807) is 14.2 Å². The molecule has 27 heavy (non-hydrogen) atoms. The van der Waals surface area contributed by atoms with Crippen LogP contribution in [0.2, 0.25) is 0 Å². The monoisotopic (exact) mass is 378 g/mol. The molecule has 1 unspecified atom stereocenters. The Balaban J connectivity index is 0.000000817. The van der Waals surface area contributed by atoms with Gasteiger partial charge in [0, 0.05) is 24.2 Å². The summed E-state index contributed by atoms with van der Waals surface area (Å²) in [5, 5.41) is 9.89. The third-order valence-electron chi connectivity index (χ3n) is 5.51. The summed E-state index contributed by atoms with van der Waals surface area (Å²) in [6.07, 6.45) is 2.85. The highest BCUT2D eigenvalue weighted by atomic mass is 16.5. The van der Waals surface area contributed by atoms with Crippen molar-refractivity contribution < 1.29 is 24.2 Å². The van der Waals surface area contributed by atoms with E-state index in [9.17, 15) is 4.79 Å². The topological polar surface area (TPSA) is 88.1 Å². The molecule has 2 aliphatic heterocycles. The Kier molecular flexibility index (Phi) is 7.47. The smallest absolute Gasteiger partial charge is 0.290 e. The van der Waals surface area contributed by atoms with Crippen molar-refractivity contribution >= 4 is 18.1 Å². The molecule has 1 atom stereocenters. The van der Waals surface area contributed by atoms with Gasteiger partial charge in [-0.2, -0.15) is 0 Å². The molecule has 7 nitrogen and oxygen atoms in total. The fourth-order valence-electron chi connectivity index (χ4n) is 4.08. The number of ether oxygens (including phenoxy) is 2. The highest BCUT2D eigenvalue weighted by Gasteiger charge is 2.35. The zero-order chi connectivity index (χ0) is 20.0. The number of hydrogen-bond acceptors (Lipinski definition) is 5. The van der Waals surface area contributed by atoms with Crippen LogP contribution >= 0.6 is 0 Å². The predicted octanol–water partition coefficient (Wildman–Crippen LogP) is 2.95. The number of likely N-dealkylation sites (tertiary alicyclic amines) is 1. The highest BCUT2D eigenvalue weighted by Crippen LogP contribution is 2.45. The Morgan fingerprint density at radius 3 is 2.26 bits per heavy atom. The van der Waals surface area contributed by atoms with Gasteiger partial charge in [-0.1, -0.05) is 0 Å². The van der Waals surface area contributed by atoms with Crippen molar-refractivity contribution in [2.24, 2.45) is 5.92 Å². The van der Waals surface area contributed by atoms with Gasteiger partial charge in [0.25, 0.3) is 6.47 Å². The van der Waals surface area contributed by atoms with E-state index in [4.69, 9.17) is 19.4 Å². The number of carboxylic acid groups (broad SMARTS) is 1. The van der Waals surface area contributed by atoms with Gasteiger partial charge in [-0.05, 0) is 63.2 Å². The maximum absolute atomic E-state index is 12.2. The number of anilines is 1. The quantitative estimate of drug-likeness (QED) is 0.783. The van der Waals surface area contributed by atoms with Gasteiger partial charge in [0.2, 0.25) is 5.91 Å². The van der Waals surface area contributed by atoms with Crippen molar-refractivity contribution in [3.05, 3.63) is 17.7 Å². The molecule has 0 radical (unpaired) electrons. The van der Waals surface area contributed by atoms with Crippen LogP contribution in [0.15, 0.2) is 12.1 Å². The summed E-state index contributed by atoms with van der Waals surface area (Å²) in [4.78, 5) is 23.1. The molecule has 2 heterocycles. The Morgan fingerprint density at radius 1 is 1.19 bits per heavy atom. The minimum atomic E-state index is -0.250. The van der Waals surface area contributed by atoms with Gasteiger partial charge < -0.3 is 24.8 Å². The maximum Gasteiger partial charge on any atom is 0.290 e. The summed E-state index contributed by atoms with van der Waals surface area (Å²) in [7, 11) is 3.27. The first kappa shape index (κ1) is 21.0. The van der Waals surface area contributed by atoms with E-state index < -0.39 is 0 Å². The third kappa shape index (κ3) is 4.91. The van der Waals surface area contributed by atoms with Crippen molar-refractivity contribution in [3.8, 4) is 11.5 Å². The zero-order valence-electron chi connectivity index (χ0n) is 16.5. The first-order chi connectivity index (χ1) is 12.9. The van der Waals surface area contributed by atoms with Crippen molar-refractivity contribution in [3.63, 3.8) is 0 Å². The van der Waals surface area contributed by atoms with Gasteiger partial charge in [-0.15, -0.1) is 0 Å². The number of carbonyl (C=O) groups is 2. The summed E-state index contributed by atoms with van der Waals surface area (Å²) in [5.74, 6) is 2.31. The summed E-state index contributed by atoms with van der Waals surface area (Å²) in [6, 6.07) is 4.53. The van der Waals surface area contributed by atoms with Gasteiger partial charge in [0.15, 0.2) is 11.5 Å². The standard InChI is InChI=1S/C19H28N2O3.CH2O2/c1-12(2)21-7-5-13(6-8-21)14-10-19(22)20-16-11-18(24-4)17(23-3)9-15(14)16;2-1-3/h9,11-14H,5-8,10H2,1-4H3,(H,20,22);1H,(H,2,3). The number of fused-ring (bicyclic) bond motifs is 1. The lowest BCUT2D eigenvalue weighted by atomic mass is 9.76. The van der Waals surface area contributed by atoms with Crippen molar-refractivity contribution in [1.29, 1.82) is 0 Å². The molecule has 3 rings (SSSR count). The molecule has 1 amide bonds. The van der Waals surface area contributed by atoms with Crippen LogP contribution in [0.4, 0.5) is 5.69 Å². The summed E-state index contributed by atoms with van der Waals surface area (Å²) in [6.45, 7) is 6.48. The van der Waals surface area contributed by atoms with Crippen LogP contribution < -0.4 is 14.8 Å². The number of rotatable bonds is 4. The van der Waals surface area contributed by atoms with Crippen molar-refractivity contribution in [1.82, 2.24) is 4.90 Å². The number of methoxy groups -OCH3 is 2. The molecule has 1 aromatic rings. The van der Waals surface area contributed by atoms with Crippen molar-refractivity contribution in [2.45, 2.75) is 45.1 Å². The molecular formula is C20H30N2O5. The van der Waals surface area contributed by atoms with Gasteiger partial charge in [0.1, 0.15) is 0 Å². The molecule has 1 aromatic carbocycles. The average Bonchev–Trinajstić information content (AvgIpc) is 2.67. The fraction of sp³-hybridized carbons (Fsp3) is 0.600. The number of benzene rings is 1. The number of piperidine rings is 1. The Morgan fingerprint density at radius 2 is 1.74 bits per heavy atom. The molecular weight excluding hydrogens is 348 g/mol. The largest absolute Gasteiger partial charge is 0.493 e. The Hall–Kier alpha value is -2.28. The van der Waals surface area contributed by atoms with E-state index >= 15 is 0 Å². The second kappa shape index (κ2) is 9.60. The minimum absolute atomic E-state index is 0.103. The summed E-state index contributed by atoms with van der Waals surface area (Å²) >= 11 is 0. The van der Waals surface area contributed by atoms with Crippen LogP contribution in [0.5, 0.6) is 11.5 Å². The van der Waals surface area contributed by atoms with Crippen LogP contribution in [-0.2, 0) is 9.59 Å². The molecule has 0 aromatic heterocycles. The Labute approximate surface area is 160 Å². The number of hydrogen-bond donors (Lipinski definition) is 2. The molecule has 0 spiro atoms. The minimum Gasteiger partial charge on any atom is -0.493 e. The maximum atomic E-state index is 12.2. The van der Waals surface area contributed by atoms with E-state index in [0.717, 1.165) is 37.4 Å². The van der Waals surface area contributed by atoms with E-state index in [2.05, 4.69) is 24.1 Å². The SMILES string of the molecule is COc1cc2c(cc1OC)C(C1CCN(C(C)C)CC1)CC(=O)N2.O=CO. The summed E-state index contributed by atoms with van der Waals surface area (Å²) in [5.41, 5.74) is 2.07. The molecule has 0 bridgehead atoms. The zero-order valence-corrected chi connectivity index (χ0v) is 16.5. The second-order valence-corrected chi connectivity index (χ2v) is 7.23. The lowest BCUT2D eigenvalue weighted by Crippen LogP contribution is -2.40. The number of nitrogens with zero attached hydrogens (tertiary/aromatic N) is 1. The number of nitrogens with one attached hydrogen (secondary N) is 1. The van der Waals surface area contributed by atoms with Gasteiger partial charge in [-0.25, -0.2) is 0 Å². The number of amides is 1. The van der Waals surface area contributed by atoms with Crippen LogP contribution in [-0.4, -0.2) is 55.7 Å². The molecule has 7 heteroatoms. The molecule has 150 valence electrons. The molecule has 1 saturated heterocycles. The fourth-order valence-corrected chi connectivity index (χ4v) is 4.08. The first-order valence-corrected chi connectivity index (χ1v) is 9.32. The van der Waals surface area contributed by atoms with Crippen molar-refractivity contribution in [2.75, 3.05) is 32.6 Å². The van der Waals surface area contributed by atoms with Gasteiger partial charge >= 0.3 is 0 Å². The normalized spacial score (nSPS) is 20.2. The van der Waals surface area contributed by atoms with Crippen LogP contribution in [0.25, 0.3) is 0 Å². The van der Waals surface area contributed by atoms with E-state index in [-0.39, 0.29) is 18.3 Å². The number of carbonyl (C=O) groups excluding carboxylic acids is 1. The van der Waals surface area contributed by atoms with E-state index in [1.807, 2.05) is 12.1 Å². The predicted molar refractivity (Wildman–Crippen MR) is 104 cm³/mol. The van der Waals surface area contributed by atoms with Crippen LogP contribution in [0, 0.1) is 5.92 Å². The lowest BCUT2D eigenvalue weighted by molar-refractivity contribution is -0.123. The second-order valence-electron chi connectivity index (χ2n) is 7.23. The average molecular weight is 378 g/mol. The molecule has 1 fully saturated rings. The molecule has 2 aliphatic rings.